The van der Waals surface area contributed by atoms with E-state index in [1.807, 2.05) is 35.9 Å². The summed E-state index contributed by atoms with van der Waals surface area (Å²) in [4.78, 5) is 13.6. The van der Waals surface area contributed by atoms with E-state index in [1.165, 1.54) is 10.4 Å². The summed E-state index contributed by atoms with van der Waals surface area (Å²) in [5, 5.41) is 3.01. The summed E-state index contributed by atoms with van der Waals surface area (Å²) in [7, 11) is 1.94. The first-order valence-corrected chi connectivity index (χ1v) is 7.76. The van der Waals surface area contributed by atoms with E-state index in [9.17, 15) is 4.79 Å². The zero-order valence-electron chi connectivity index (χ0n) is 12.4. The van der Waals surface area contributed by atoms with Crippen molar-refractivity contribution in [2.45, 2.75) is 20.4 Å². The van der Waals surface area contributed by atoms with E-state index in [0.29, 0.717) is 12.2 Å². The Morgan fingerprint density at radius 3 is 2.71 bits per heavy atom. The Bertz CT molecular complexity index is 813. The molecule has 0 saturated heterocycles. The largest absolute Gasteiger partial charge is 0.347 e. The smallest absolute Gasteiger partial charge is 0.268 e. The molecule has 1 N–H and O–H groups in total. The molecule has 3 nitrogen and oxygen atoms in total. The molecule has 0 spiro atoms. The molecule has 0 unspecified atom stereocenters. The first-order valence-electron chi connectivity index (χ1n) is 6.95. The number of aryl methyl sites for hydroxylation is 3. The van der Waals surface area contributed by atoms with Crippen LogP contribution in [0.15, 0.2) is 36.4 Å². The van der Waals surface area contributed by atoms with Crippen LogP contribution < -0.4 is 5.32 Å². The number of fused-ring (bicyclic) bond motifs is 1. The van der Waals surface area contributed by atoms with Gasteiger partial charge in [-0.15, -0.1) is 11.3 Å². The number of nitrogens with one attached hydrogen (secondary N) is 1. The van der Waals surface area contributed by atoms with Gasteiger partial charge in [-0.05, 0) is 37.1 Å². The summed E-state index contributed by atoms with van der Waals surface area (Å²) in [5.74, 6) is -0.0261. The Labute approximate surface area is 128 Å². The Hall–Kier alpha value is -2.07. The second-order valence-electron chi connectivity index (χ2n) is 5.30. The van der Waals surface area contributed by atoms with E-state index in [1.54, 1.807) is 11.3 Å². The Balaban J connectivity index is 1.79. The second-order valence-corrected chi connectivity index (χ2v) is 6.59. The topological polar surface area (TPSA) is 34.0 Å². The second kappa shape index (κ2) is 5.37. The molecule has 3 rings (SSSR count). The van der Waals surface area contributed by atoms with Gasteiger partial charge < -0.3 is 9.88 Å². The summed E-state index contributed by atoms with van der Waals surface area (Å²) in [6.07, 6.45) is 0. The van der Waals surface area contributed by atoms with Crippen LogP contribution in [0, 0.1) is 13.8 Å². The Kier molecular flexibility index (Phi) is 3.55. The quantitative estimate of drug-likeness (QED) is 0.784. The molecule has 1 aromatic carbocycles. The van der Waals surface area contributed by atoms with Crippen LogP contribution in [0.4, 0.5) is 0 Å². The maximum atomic E-state index is 12.4. The summed E-state index contributed by atoms with van der Waals surface area (Å²) < 4.78 is 3.13. The van der Waals surface area contributed by atoms with Crippen molar-refractivity contribution in [2.75, 3.05) is 0 Å². The number of rotatable bonds is 3. The van der Waals surface area contributed by atoms with Crippen LogP contribution in [-0.2, 0) is 13.6 Å². The fourth-order valence-corrected chi connectivity index (χ4v) is 3.52. The van der Waals surface area contributed by atoms with Crippen LogP contribution in [0.5, 0.6) is 0 Å². The summed E-state index contributed by atoms with van der Waals surface area (Å²) >= 11 is 1.72. The highest BCUT2D eigenvalue weighted by molar-refractivity contribution is 7.19. The van der Waals surface area contributed by atoms with Gasteiger partial charge in [0.2, 0.25) is 0 Å². The third-order valence-corrected chi connectivity index (χ3v) is 4.77. The fraction of sp³-hybridized carbons (Fsp3) is 0.235. The molecule has 0 radical (unpaired) electrons. The Morgan fingerprint density at radius 2 is 2.00 bits per heavy atom. The molecule has 0 saturated carbocycles. The first-order chi connectivity index (χ1) is 10.1. The molecule has 1 amide bonds. The first kappa shape index (κ1) is 13.9. The minimum Gasteiger partial charge on any atom is -0.347 e. The third-order valence-electron chi connectivity index (χ3n) is 3.79. The number of carbonyl (C=O) groups excluding carboxylic acids is 1. The molecule has 0 bridgehead atoms. The standard InChI is InChI=1S/C17H18N2OS/c1-11-6-4-5-7-13(11)10-18-17(20)15-9-16-14(19(15)3)8-12(2)21-16/h4-9H,10H2,1-3H3,(H,18,20). The monoisotopic (exact) mass is 298 g/mol. The van der Waals surface area contributed by atoms with Crippen molar-refractivity contribution in [1.82, 2.24) is 9.88 Å². The van der Waals surface area contributed by atoms with Crippen LogP contribution in [0.1, 0.15) is 26.5 Å². The molecule has 4 heteroatoms. The predicted molar refractivity (Wildman–Crippen MR) is 87.9 cm³/mol. The lowest BCUT2D eigenvalue weighted by Gasteiger charge is -2.08. The molecule has 108 valence electrons. The average Bonchev–Trinajstić information content (AvgIpc) is 2.96. The highest BCUT2D eigenvalue weighted by Crippen LogP contribution is 2.27. The van der Waals surface area contributed by atoms with Crippen molar-refractivity contribution in [3.05, 3.63) is 58.1 Å². The lowest BCUT2D eigenvalue weighted by atomic mass is 10.1. The zero-order chi connectivity index (χ0) is 15.0. The van der Waals surface area contributed by atoms with E-state index in [-0.39, 0.29) is 5.91 Å². The molecule has 0 aliphatic rings. The maximum absolute atomic E-state index is 12.4. The molecule has 0 fully saturated rings. The van der Waals surface area contributed by atoms with Gasteiger partial charge in [-0.1, -0.05) is 24.3 Å². The number of hydrogen-bond acceptors (Lipinski definition) is 2. The number of thiophene rings is 1. The van der Waals surface area contributed by atoms with Crippen molar-refractivity contribution < 1.29 is 4.79 Å². The molecule has 0 aliphatic heterocycles. The Morgan fingerprint density at radius 1 is 1.24 bits per heavy atom. The molecule has 0 aliphatic carbocycles. The lowest BCUT2D eigenvalue weighted by molar-refractivity contribution is 0.0943. The predicted octanol–water partition coefficient (Wildman–Crippen LogP) is 3.79. The van der Waals surface area contributed by atoms with Crippen molar-refractivity contribution in [3.63, 3.8) is 0 Å². The van der Waals surface area contributed by atoms with Crippen LogP contribution in [0.25, 0.3) is 10.2 Å². The van der Waals surface area contributed by atoms with Crippen molar-refractivity contribution in [3.8, 4) is 0 Å². The van der Waals surface area contributed by atoms with Crippen LogP contribution in [0.2, 0.25) is 0 Å². The van der Waals surface area contributed by atoms with Crippen molar-refractivity contribution >= 4 is 27.5 Å². The molecule has 21 heavy (non-hydrogen) atoms. The number of nitrogens with zero attached hydrogens (tertiary/aromatic N) is 1. The summed E-state index contributed by atoms with van der Waals surface area (Å²) in [5.41, 5.74) is 4.18. The van der Waals surface area contributed by atoms with Crippen LogP contribution in [0.3, 0.4) is 0 Å². The summed E-state index contributed by atoms with van der Waals surface area (Å²) in [6, 6.07) is 12.2. The highest BCUT2D eigenvalue weighted by atomic mass is 32.1. The van der Waals surface area contributed by atoms with Crippen LogP contribution >= 0.6 is 11.3 Å². The van der Waals surface area contributed by atoms with Gasteiger partial charge in [0.25, 0.3) is 5.91 Å². The van der Waals surface area contributed by atoms with Crippen molar-refractivity contribution in [2.24, 2.45) is 7.05 Å². The zero-order valence-corrected chi connectivity index (χ0v) is 13.3. The van der Waals surface area contributed by atoms with E-state index >= 15 is 0 Å². The number of benzene rings is 1. The van der Waals surface area contributed by atoms with Gasteiger partial charge in [0.15, 0.2) is 0 Å². The minimum absolute atomic E-state index is 0.0261. The molecular formula is C17H18N2OS. The normalized spacial score (nSPS) is 11.0. The number of carbonyl (C=O) groups is 1. The van der Waals surface area contributed by atoms with Gasteiger partial charge in [-0.2, -0.15) is 0 Å². The fourth-order valence-electron chi connectivity index (χ4n) is 2.53. The molecular weight excluding hydrogens is 280 g/mol. The SMILES string of the molecule is Cc1cc2c(cc(C(=O)NCc3ccccc3C)n2C)s1. The van der Waals surface area contributed by atoms with Gasteiger partial charge in [0.05, 0.1) is 10.2 Å². The average molecular weight is 298 g/mol. The number of aromatic nitrogens is 1. The van der Waals surface area contributed by atoms with Gasteiger partial charge in [0, 0.05) is 18.5 Å². The highest BCUT2D eigenvalue weighted by Gasteiger charge is 2.14. The molecule has 3 aromatic rings. The van der Waals surface area contributed by atoms with Crippen molar-refractivity contribution in [1.29, 1.82) is 0 Å². The minimum atomic E-state index is -0.0261. The van der Waals surface area contributed by atoms with Gasteiger partial charge in [-0.3, -0.25) is 4.79 Å². The van der Waals surface area contributed by atoms with Gasteiger partial charge >= 0.3 is 0 Å². The van der Waals surface area contributed by atoms with Gasteiger partial charge in [0.1, 0.15) is 5.69 Å². The molecule has 0 atom stereocenters. The summed E-state index contributed by atoms with van der Waals surface area (Å²) in [6.45, 7) is 4.70. The number of hydrogen-bond donors (Lipinski definition) is 1. The molecule has 2 heterocycles. The molecule has 2 aromatic heterocycles. The third kappa shape index (κ3) is 2.59. The van der Waals surface area contributed by atoms with E-state index < -0.39 is 0 Å². The van der Waals surface area contributed by atoms with E-state index in [4.69, 9.17) is 0 Å². The lowest BCUT2D eigenvalue weighted by Crippen LogP contribution is -2.25. The van der Waals surface area contributed by atoms with Gasteiger partial charge in [-0.25, -0.2) is 0 Å². The number of amides is 1. The van der Waals surface area contributed by atoms with E-state index in [0.717, 1.165) is 15.8 Å². The van der Waals surface area contributed by atoms with E-state index in [2.05, 4.69) is 31.3 Å². The van der Waals surface area contributed by atoms with Crippen LogP contribution in [-0.4, -0.2) is 10.5 Å². The maximum Gasteiger partial charge on any atom is 0.268 e.